The maximum absolute atomic E-state index is 10.3. The van der Waals surface area contributed by atoms with Crippen molar-refractivity contribution in [3.05, 3.63) is 29.8 Å². The average Bonchev–Trinajstić information content (AvgIpc) is 2.31. The fourth-order valence-electron chi connectivity index (χ4n) is 2.27. The van der Waals surface area contributed by atoms with Gasteiger partial charge in [-0.25, -0.2) is 0 Å². The zero-order chi connectivity index (χ0) is 12.1. The van der Waals surface area contributed by atoms with Gasteiger partial charge in [0.1, 0.15) is 5.75 Å². The van der Waals surface area contributed by atoms with Crippen LogP contribution in [0.3, 0.4) is 0 Å². The highest BCUT2D eigenvalue weighted by Gasteiger charge is 2.23. The van der Waals surface area contributed by atoms with Gasteiger partial charge in [0.25, 0.3) is 0 Å². The molecular weight excluding hydrogens is 212 g/mol. The molecule has 1 atom stereocenters. The fraction of sp³-hybridized carbons (Fsp3) is 0.600. The quantitative estimate of drug-likeness (QED) is 0.813. The normalized spacial score (nSPS) is 17.5. The Morgan fingerprint density at radius 2 is 2.12 bits per heavy atom. The number of benzene rings is 1. The lowest BCUT2D eigenvalue weighted by Crippen LogP contribution is -2.15. The minimum atomic E-state index is -0.367. The van der Waals surface area contributed by atoms with Crippen molar-refractivity contribution in [1.82, 2.24) is 0 Å². The summed E-state index contributed by atoms with van der Waals surface area (Å²) in [5.41, 5.74) is 0.952. The highest BCUT2D eigenvalue weighted by molar-refractivity contribution is 5.35. The maximum Gasteiger partial charge on any atom is 0.125 e. The molecule has 1 saturated carbocycles. The molecule has 2 heteroatoms. The van der Waals surface area contributed by atoms with Gasteiger partial charge in [-0.15, -0.1) is 0 Å². The molecule has 0 aliphatic heterocycles. The van der Waals surface area contributed by atoms with Gasteiger partial charge in [0.15, 0.2) is 0 Å². The lowest BCUT2D eigenvalue weighted by Gasteiger charge is -2.28. The molecule has 1 N–H and O–H groups in total. The van der Waals surface area contributed by atoms with Gasteiger partial charge in [0, 0.05) is 5.56 Å². The first-order valence-corrected chi connectivity index (χ1v) is 6.71. The van der Waals surface area contributed by atoms with E-state index in [0.717, 1.165) is 24.2 Å². The Hall–Kier alpha value is -1.02. The van der Waals surface area contributed by atoms with Gasteiger partial charge in [-0.05, 0) is 24.8 Å². The minimum Gasteiger partial charge on any atom is -0.493 e. The summed E-state index contributed by atoms with van der Waals surface area (Å²) in [5, 5.41) is 10.3. The van der Waals surface area contributed by atoms with Crippen LogP contribution in [0.15, 0.2) is 24.3 Å². The van der Waals surface area contributed by atoms with Crippen molar-refractivity contribution in [3.63, 3.8) is 0 Å². The largest absolute Gasteiger partial charge is 0.493 e. The molecule has 1 aromatic rings. The Morgan fingerprint density at radius 3 is 2.76 bits per heavy atom. The molecule has 0 amide bonds. The minimum absolute atomic E-state index is 0.367. The Balaban J connectivity index is 2.01. The third-order valence-corrected chi connectivity index (χ3v) is 3.52. The predicted octanol–water partition coefficient (Wildman–Crippen LogP) is 3.70. The molecule has 0 heterocycles. The van der Waals surface area contributed by atoms with Crippen molar-refractivity contribution in [2.24, 2.45) is 5.92 Å². The summed E-state index contributed by atoms with van der Waals surface area (Å²) in [6.07, 6.45) is 5.38. The number of aliphatic hydroxyl groups is 1. The summed E-state index contributed by atoms with van der Waals surface area (Å²) in [7, 11) is 0. The van der Waals surface area contributed by atoms with E-state index >= 15 is 0 Å². The molecule has 0 aromatic heterocycles. The van der Waals surface area contributed by atoms with Crippen molar-refractivity contribution < 1.29 is 9.84 Å². The molecule has 0 spiro atoms. The first-order chi connectivity index (χ1) is 8.31. The number of aliphatic hydroxyl groups excluding tert-OH is 1. The van der Waals surface area contributed by atoms with Gasteiger partial charge < -0.3 is 9.84 Å². The van der Waals surface area contributed by atoms with Gasteiger partial charge >= 0.3 is 0 Å². The Kier molecular flexibility index (Phi) is 4.43. The Bertz CT molecular complexity index is 345. The number of rotatable bonds is 6. The molecule has 1 unspecified atom stereocenters. The van der Waals surface area contributed by atoms with Gasteiger partial charge in [-0.2, -0.15) is 0 Å². The molecular formula is C15H22O2. The highest BCUT2D eigenvalue weighted by Crippen LogP contribution is 2.37. The Labute approximate surface area is 104 Å². The molecule has 94 valence electrons. The first kappa shape index (κ1) is 12.4. The maximum atomic E-state index is 10.3. The topological polar surface area (TPSA) is 29.5 Å². The van der Waals surface area contributed by atoms with Crippen molar-refractivity contribution in [3.8, 4) is 5.75 Å². The van der Waals surface area contributed by atoms with E-state index in [1.165, 1.54) is 19.3 Å². The number of ether oxygens (including phenoxy) is 1. The van der Waals surface area contributed by atoms with Gasteiger partial charge in [-0.3, -0.25) is 0 Å². The SMILES string of the molecule is CCCOc1ccccc1C(O)CC1CCC1. The first-order valence-electron chi connectivity index (χ1n) is 6.71. The van der Waals surface area contributed by atoms with E-state index < -0.39 is 0 Å². The standard InChI is InChI=1S/C15H22O2/c1-2-10-17-15-9-4-3-8-13(15)14(16)11-12-6-5-7-12/h3-4,8-9,12,14,16H,2,5-7,10-11H2,1H3. The lowest BCUT2D eigenvalue weighted by molar-refractivity contribution is 0.115. The molecule has 2 rings (SSSR count). The molecule has 17 heavy (non-hydrogen) atoms. The van der Waals surface area contributed by atoms with Crippen LogP contribution in [0.1, 0.15) is 50.7 Å². The van der Waals surface area contributed by atoms with E-state index in [1.54, 1.807) is 0 Å². The van der Waals surface area contributed by atoms with Gasteiger partial charge in [0.2, 0.25) is 0 Å². The molecule has 0 radical (unpaired) electrons. The summed E-state index contributed by atoms with van der Waals surface area (Å²) in [5.74, 6) is 1.56. The second-order valence-electron chi connectivity index (χ2n) is 4.93. The van der Waals surface area contributed by atoms with Crippen molar-refractivity contribution in [2.75, 3.05) is 6.61 Å². The van der Waals surface area contributed by atoms with Gasteiger partial charge in [-0.1, -0.05) is 44.4 Å². The fourth-order valence-corrected chi connectivity index (χ4v) is 2.27. The molecule has 2 nitrogen and oxygen atoms in total. The zero-order valence-electron chi connectivity index (χ0n) is 10.6. The van der Waals surface area contributed by atoms with E-state index in [2.05, 4.69) is 6.92 Å². The molecule has 0 bridgehead atoms. The van der Waals surface area contributed by atoms with Crippen LogP contribution in [0, 0.1) is 5.92 Å². The van der Waals surface area contributed by atoms with Crippen LogP contribution < -0.4 is 4.74 Å². The molecule has 1 aromatic carbocycles. The monoisotopic (exact) mass is 234 g/mol. The van der Waals surface area contributed by atoms with E-state index in [9.17, 15) is 5.11 Å². The smallest absolute Gasteiger partial charge is 0.125 e. The van der Waals surface area contributed by atoms with Crippen molar-refractivity contribution in [2.45, 2.75) is 45.1 Å². The van der Waals surface area contributed by atoms with Crippen molar-refractivity contribution in [1.29, 1.82) is 0 Å². The van der Waals surface area contributed by atoms with E-state index in [1.807, 2.05) is 24.3 Å². The van der Waals surface area contributed by atoms with Crippen LogP contribution in [-0.2, 0) is 0 Å². The highest BCUT2D eigenvalue weighted by atomic mass is 16.5. The van der Waals surface area contributed by atoms with E-state index in [4.69, 9.17) is 4.74 Å². The summed E-state index contributed by atoms with van der Waals surface area (Å²) in [4.78, 5) is 0. The molecule has 0 saturated heterocycles. The van der Waals surface area contributed by atoms with Crippen LogP contribution in [-0.4, -0.2) is 11.7 Å². The zero-order valence-corrected chi connectivity index (χ0v) is 10.6. The van der Waals surface area contributed by atoms with Crippen LogP contribution in [0.5, 0.6) is 5.75 Å². The van der Waals surface area contributed by atoms with Gasteiger partial charge in [0.05, 0.1) is 12.7 Å². The predicted molar refractivity (Wildman–Crippen MR) is 69.1 cm³/mol. The molecule has 1 aliphatic carbocycles. The Morgan fingerprint density at radius 1 is 1.35 bits per heavy atom. The summed E-state index contributed by atoms with van der Waals surface area (Å²) in [6.45, 7) is 2.81. The third kappa shape index (κ3) is 3.22. The number of hydrogen-bond donors (Lipinski definition) is 1. The number of para-hydroxylation sites is 1. The van der Waals surface area contributed by atoms with Crippen LogP contribution >= 0.6 is 0 Å². The summed E-state index contributed by atoms with van der Waals surface area (Å²) < 4.78 is 5.68. The summed E-state index contributed by atoms with van der Waals surface area (Å²) >= 11 is 0. The van der Waals surface area contributed by atoms with Crippen LogP contribution in [0.4, 0.5) is 0 Å². The molecule has 1 aliphatic rings. The van der Waals surface area contributed by atoms with Crippen molar-refractivity contribution >= 4 is 0 Å². The third-order valence-electron chi connectivity index (χ3n) is 3.52. The summed E-state index contributed by atoms with van der Waals surface area (Å²) in [6, 6.07) is 7.87. The molecule has 1 fully saturated rings. The number of hydrogen-bond acceptors (Lipinski definition) is 2. The van der Waals surface area contributed by atoms with E-state index in [-0.39, 0.29) is 6.10 Å². The van der Waals surface area contributed by atoms with Crippen LogP contribution in [0.2, 0.25) is 0 Å². The second-order valence-corrected chi connectivity index (χ2v) is 4.93. The van der Waals surface area contributed by atoms with Crippen LogP contribution in [0.25, 0.3) is 0 Å². The second kappa shape index (κ2) is 6.06. The lowest BCUT2D eigenvalue weighted by atomic mass is 9.80. The average molecular weight is 234 g/mol. The van der Waals surface area contributed by atoms with E-state index in [0.29, 0.717) is 12.5 Å².